The normalized spacial score (nSPS) is 10.9. The molecule has 0 bridgehead atoms. The van der Waals surface area contributed by atoms with E-state index < -0.39 is 0 Å². The SMILES string of the molecule is Cc1nc2cc(CNc3cc(C)c(Br)cn3)ccc2o1. The van der Waals surface area contributed by atoms with Crippen molar-refractivity contribution >= 4 is 32.8 Å². The molecule has 0 radical (unpaired) electrons. The maximum atomic E-state index is 5.47. The Morgan fingerprint density at radius 3 is 2.90 bits per heavy atom. The number of aromatic nitrogens is 2. The second-order valence-corrected chi connectivity index (χ2v) is 5.56. The number of aryl methyl sites for hydroxylation is 2. The molecule has 0 saturated heterocycles. The molecule has 0 atom stereocenters. The smallest absolute Gasteiger partial charge is 0.192 e. The van der Waals surface area contributed by atoms with Crippen LogP contribution < -0.4 is 5.32 Å². The van der Waals surface area contributed by atoms with Gasteiger partial charge in [0.2, 0.25) is 0 Å². The maximum Gasteiger partial charge on any atom is 0.192 e. The van der Waals surface area contributed by atoms with Crippen LogP contribution in [0.2, 0.25) is 0 Å². The highest BCUT2D eigenvalue weighted by molar-refractivity contribution is 9.10. The Labute approximate surface area is 125 Å². The summed E-state index contributed by atoms with van der Waals surface area (Å²) in [4.78, 5) is 8.67. The molecule has 1 aromatic carbocycles. The lowest BCUT2D eigenvalue weighted by Crippen LogP contribution is -2.01. The van der Waals surface area contributed by atoms with Crippen LogP contribution in [0.25, 0.3) is 11.1 Å². The molecule has 0 unspecified atom stereocenters. The van der Waals surface area contributed by atoms with Crippen molar-refractivity contribution in [1.29, 1.82) is 0 Å². The molecule has 3 rings (SSSR count). The Bertz CT molecular complexity index is 767. The van der Waals surface area contributed by atoms with Crippen LogP contribution in [0.4, 0.5) is 5.82 Å². The Hall–Kier alpha value is -1.88. The van der Waals surface area contributed by atoms with E-state index in [9.17, 15) is 0 Å². The number of pyridine rings is 1. The van der Waals surface area contributed by atoms with Gasteiger partial charge in [-0.2, -0.15) is 0 Å². The number of nitrogens with one attached hydrogen (secondary N) is 1. The molecule has 0 spiro atoms. The highest BCUT2D eigenvalue weighted by atomic mass is 79.9. The third-order valence-electron chi connectivity index (χ3n) is 3.08. The van der Waals surface area contributed by atoms with E-state index in [1.54, 1.807) is 0 Å². The summed E-state index contributed by atoms with van der Waals surface area (Å²) in [5.41, 5.74) is 4.02. The van der Waals surface area contributed by atoms with Crippen molar-refractivity contribution in [3.8, 4) is 0 Å². The lowest BCUT2D eigenvalue weighted by molar-refractivity contribution is 0.561. The van der Waals surface area contributed by atoms with E-state index in [0.717, 1.165) is 32.5 Å². The zero-order valence-electron chi connectivity index (χ0n) is 11.3. The first kappa shape index (κ1) is 13.1. The van der Waals surface area contributed by atoms with Gasteiger partial charge in [-0.05, 0) is 52.2 Å². The van der Waals surface area contributed by atoms with Gasteiger partial charge in [-0.15, -0.1) is 0 Å². The maximum absolute atomic E-state index is 5.47. The van der Waals surface area contributed by atoms with Crippen LogP contribution in [0.1, 0.15) is 17.0 Å². The Morgan fingerprint density at radius 1 is 1.25 bits per heavy atom. The minimum Gasteiger partial charge on any atom is -0.441 e. The molecular formula is C15H14BrN3O. The molecule has 0 amide bonds. The van der Waals surface area contributed by atoms with Gasteiger partial charge < -0.3 is 9.73 Å². The van der Waals surface area contributed by atoms with E-state index in [0.29, 0.717) is 12.4 Å². The molecule has 4 nitrogen and oxygen atoms in total. The third kappa shape index (κ3) is 2.67. The van der Waals surface area contributed by atoms with Crippen molar-refractivity contribution in [2.45, 2.75) is 20.4 Å². The second-order valence-electron chi connectivity index (χ2n) is 4.71. The van der Waals surface area contributed by atoms with Crippen molar-refractivity contribution < 1.29 is 4.42 Å². The van der Waals surface area contributed by atoms with Gasteiger partial charge in [0.05, 0.1) is 0 Å². The molecular weight excluding hydrogens is 318 g/mol. The minimum absolute atomic E-state index is 0.690. The van der Waals surface area contributed by atoms with Crippen LogP contribution in [0.5, 0.6) is 0 Å². The molecule has 0 aliphatic heterocycles. The van der Waals surface area contributed by atoms with Crippen LogP contribution in [0.3, 0.4) is 0 Å². The van der Waals surface area contributed by atoms with Crippen molar-refractivity contribution in [3.63, 3.8) is 0 Å². The van der Waals surface area contributed by atoms with Crippen LogP contribution in [-0.2, 0) is 6.54 Å². The van der Waals surface area contributed by atoms with Crippen molar-refractivity contribution in [1.82, 2.24) is 9.97 Å². The minimum atomic E-state index is 0.690. The summed E-state index contributed by atoms with van der Waals surface area (Å²) >= 11 is 3.45. The number of fused-ring (bicyclic) bond motifs is 1. The van der Waals surface area contributed by atoms with E-state index in [2.05, 4.69) is 31.2 Å². The van der Waals surface area contributed by atoms with Gasteiger partial charge in [0.1, 0.15) is 11.3 Å². The molecule has 0 aliphatic rings. The average Bonchev–Trinajstić information content (AvgIpc) is 2.79. The molecule has 2 aromatic heterocycles. The molecule has 0 fully saturated rings. The first-order chi connectivity index (χ1) is 9.61. The Kier molecular flexibility index (Phi) is 3.44. The molecule has 1 N–H and O–H groups in total. The zero-order valence-corrected chi connectivity index (χ0v) is 12.9. The van der Waals surface area contributed by atoms with Crippen molar-refractivity contribution in [2.24, 2.45) is 0 Å². The lowest BCUT2D eigenvalue weighted by atomic mass is 10.2. The first-order valence-electron chi connectivity index (χ1n) is 6.34. The van der Waals surface area contributed by atoms with Crippen molar-refractivity contribution in [3.05, 3.63) is 52.0 Å². The van der Waals surface area contributed by atoms with Crippen LogP contribution in [0.15, 0.2) is 39.4 Å². The van der Waals surface area contributed by atoms with Gasteiger partial charge in [0.25, 0.3) is 0 Å². The van der Waals surface area contributed by atoms with Gasteiger partial charge in [-0.1, -0.05) is 6.07 Å². The molecule has 2 heterocycles. The largest absolute Gasteiger partial charge is 0.441 e. The number of hydrogen-bond acceptors (Lipinski definition) is 4. The molecule has 0 aliphatic carbocycles. The van der Waals surface area contributed by atoms with Gasteiger partial charge >= 0.3 is 0 Å². The van der Waals surface area contributed by atoms with E-state index in [1.807, 2.05) is 44.3 Å². The number of halogens is 1. The number of oxazole rings is 1. The number of rotatable bonds is 3. The quantitative estimate of drug-likeness (QED) is 0.780. The average molecular weight is 332 g/mol. The summed E-state index contributed by atoms with van der Waals surface area (Å²) in [6.07, 6.45) is 1.81. The van der Waals surface area contributed by atoms with Crippen molar-refractivity contribution in [2.75, 3.05) is 5.32 Å². The fourth-order valence-electron chi connectivity index (χ4n) is 2.03. The standard InChI is InChI=1S/C15H14BrN3O/c1-9-5-15(18-8-12(9)16)17-7-11-3-4-14-13(6-11)19-10(2)20-14/h3-6,8H,7H2,1-2H3,(H,17,18). The number of nitrogens with zero attached hydrogens (tertiary/aromatic N) is 2. The molecule has 20 heavy (non-hydrogen) atoms. The predicted molar refractivity (Wildman–Crippen MR) is 82.7 cm³/mol. The van der Waals surface area contributed by atoms with E-state index in [4.69, 9.17) is 4.42 Å². The number of benzene rings is 1. The van der Waals surface area contributed by atoms with Crippen LogP contribution in [0, 0.1) is 13.8 Å². The molecule has 0 saturated carbocycles. The van der Waals surface area contributed by atoms with Gasteiger partial charge in [-0.25, -0.2) is 9.97 Å². The Morgan fingerprint density at radius 2 is 2.10 bits per heavy atom. The Balaban J connectivity index is 1.77. The highest BCUT2D eigenvalue weighted by Gasteiger charge is 2.04. The summed E-state index contributed by atoms with van der Waals surface area (Å²) in [7, 11) is 0. The topological polar surface area (TPSA) is 51.0 Å². The van der Waals surface area contributed by atoms with Gasteiger partial charge in [-0.3, -0.25) is 0 Å². The fraction of sp³-hybridized carbons (Fsp3) is 0.200. The fourth-order valence-corrected chi connectivity index (χ4v) is 2.24. The molecule has 5 heteroatoms. The van der Waals surface area contributed by atoms with Crippen LogP contribution in [-0.4, -0.2) is 9.97 Å². The summed E-state index contributed by atoms with van der Waals surface area (Å²) in [6.45, 7) is 4.60. The summed E-state index contributed by atoms with van der Waals surface area (Å²) < 4.78 is 6.48. The van der Waals surface area contributed by atoms with E-state index in [-0.39, 0.29) is 0 Å². The van der Waals surface area contributed by atoms with E-state index >= 15 is 0 Å². The molecule has 102 valence electrons. The van der Waals surface area contributed by atoms with Gasteiger partial charge in [0.15, 0.2) is 11.5 Å². The summed E-state index contributed by atoms with van der Waals surface area (Å²) in [5, 5.41) is 3.31. The zero-order chi connectivity index (χ0) is 14.1. The van der Waals surface area contributed by atoms with Crippen LogP contribution >= 0.6 is 15.9 Å². The van der Waals surface area contributed by atoms with Gasteiger partial charge in [0, 0.05) is 24.1 Å². The monoisotopic (exact) mass is 331 g/mol. The van der Waals surface area contributed by atoms with E-state index in [1.165, 1.54) is 0 Å². The summed E-state index contributed by atoms with van der Waals surface area (Å²) in [6, 6.07) is 8.03. The molecule has 3 aromatic rings. The number of anilines is 1. The first-order valence-corrected chi connectivity index (χ1v) is 7.13. The third-order valence-corrected chi connectivity index (χ3v) is 3.91. The number of hydrogen-bond donors (Lipinski definition) is 1. The lowest BCUT2D eigenvalue weighted by Gasteiger charge is -2.07. The second kappa shape index (κ2) is 5.25. The predicted octanol–water partition coefficient (Wildman–Crippen LogP) is 4.21. The highest BCUT2D eigenvalue weighted by Crippen LogP contribution is 2.19. The summed E-state index contributed by atoms with van der Waals surface area (Å²) in [5.74, 6) is 1.55.